The number of aryl methyl sites for hydroxylation is 1. The Balaban J connectivity index is 1.90. The minimum Gasteiger partial charge on any atom is -0.411 e. The number of oxime groups is 1. The van der Waals surface area contributed by atoms with Gasteiger partial charge in [-0.1, -0.05) is 29.4 Å². The van der Waals surface area contributed by atoms with Gasteiger partial charge in [0.15, 0.2) is 0 Å². The average Bonchev–Trinajstić information content (AvgIpc) is 2.91. The Morgan fingerprint density at radius 3 is 3.06 bits per heavy atom. The fourth-order valence-corrected chi connectivity index (χ4v) is 2.64. The van der Waals surface area contributed by atoms with Gasteiger partial charge in [0.1, 0.15) is 0 Å². The number of imidazole rings is 1. The van der Waals surface area contributed by atoms with Crippen molar-refractivity contribution in [3.63, 3.8) is 0 Å². The van der Waals surface area contributed by atoms with Crippen LogP contribution in [0.4, 0.5) is 0 Å². The van der Waals surface area contributed by atoms with Crippen molar-refractivity contribution in [2.24, 2.45) is 11.1 Å². The SMILES string of the molecule is ON=C1c2ccccc2CCC1Cn1ccnc1. The van der Waals surface area contributed by atoms with Crippen molar-refractivity contribution in [2.45, 2.75) is 19.4 Å². The number of hydrogen-bond donors (Lipinski definition) is 1. The van der Waals surface area contributed by atoms with Gasteiger partial charge in [-0.2, -0.15) is 0 Å². The van der Waals surface area contributed by atoms with Crippen molar-refractivity contribution >= 4 is 5.71 Å². The predicted octanol–water partition coefficient (Wildman–Crippen LogP) is 2.32. The summed E-state index contributed by atoms with van der Waals surface area (Å²) >= 11 is 0. The molecule has 0 saturated heterocycles. The fourth-order valence-electron chi connectivity index (χ4n) is 2.64. The summed E-state index contributed by atoms with van der Waals surface area (Å²) in [5, 5.41) is 12.8. The molecule has 1 unspecified atom stereocenters. The van der Waals surface area contributed by atoms with Crippen molar-refractivity contribution in [2.75, 3.05) is 0 Å². The minimum absolute atomic E-state index is 0.249. The summed E-state index contributed by atoms with van der Waals surface area (Å²) in [6, 6.07) is 8.16. The van der Waals surface area contributed by atoms with Gasteiger partial charge in [0, 0.05) is 30.4 Å². The van der Waals surface area contributed by atoms with Crippen LogP contribution in [0.5, 0.6) is 0 Å². The third kappa shape index (κ3) is 1.90. The average molecular weight is 241 g/mol. The molecule has 0 spiro atoms. The van der Waals surface area contributed by atoms with E-state index in [2.05, 4.69) is 16.2 Å². The molecule has 1 heterocycles. The summed E-state index contributed by atoms with van der Waals surface area (Å²) in [5.74, 6) is 0.249. The lowest BCUT2D eigenvalue weighted by Gasteiger charge is -2.25. The Morgan fingerprint density at radius 2 is 2.28 bits per heavy atom. The zero-order valence-corrected chi connectivity index (χ0v) is 10.0. The monoisotopic (exact) mass is 241 g/mol. The van der Waals surface area contributed by atoms with Crippen LogP contribution in [0.15, 0.2) is 48.1 Å². The molecule has 0 amide bonds. The lowest BCUT2D eigenvalue weighted by Crippen LogP contribution is -2.27. The van der Waals surface area contributed by atoms with E-state index in [1.54, 1.807) is 12.5 Å². The van der Waals surface area contributed by atoms with Crippen LogP contribution in [0.3, 0.4) is 0 Å². The van der Waals surface area contributed by atoms with Crippen molar-refractivity contribution in [1.82, 2.24) is 9.55 Å². The third-order valence-electron chi connectivity index (χ3n) is 3.54. The van der Waals surface area contributed by atoms with E-state index in [9.17, 15) is 5.21 Å². The summed E-state index contributed by atoms with van der Waals surface area (Å²) in [6.07, 6.45) is 7.56. The molecule has 4 nitrogen and oxygen atoms in total. The summed E-state index contributed by atoms with van der Waals surface area (Å²) in [4.78, 5) is 4.04. The van der Waals surface area contributed by atoms with E-state index >= 15 is 0 Å². The molecule has 2 aromatic rings. The molecule has 0 radical (unpaired) electrons. The topological polar surface area (TPSA) is 50.4 Å². The first kappa shape index (κ1) is 11.0. The summed E-state index contributed by atoms with van der Waals surface area (Å²) in [7, 11) is 0. The van der Waals surface area contributed by atoms with Crippen molar-refractivity contribution < 1.29 is 5.21 Å². The molecular weight excluding hydrogens is 226 g/mol. The van der Waals surface area contributed by atoms with E-state index in [1.165, 1.54) is 5.56 Å². The molecule has 1 aromatic heterocycles. The molecule has 18 heavy (non-hydrogen) atoms. The van der Waals surface area contributed by atoms with Gasteiger partial charge in [-0.3, -0.25) is 0 Å². The highest BCUT2D eigenvalue weighted by atomic mass is 16.4. The first-order valence-electron chi connectivity index (χ1n) is 6.14. The molecule has 0 aliphatic heterocycles. The number of aromatic nitrogens is 2. The van der Waals surface area contributed by atoms with E-state index in [1.807, 2.05) is 29.0 Å². The Hall–Kier alpha value is -2.10. The molecule has 0 bridgehead atoms. The molecule has 1 N–H and O–H groups in total. The number of hydrogen-bond acceptors (Lipinski definition) is 3. The van der Waals surface area contributed by atoms with Crippen LogP contribution in [0, 0.1) is 5.92 Å². The molecule has 1 aliphatic carbocycles. The molecule has 1 atom stereocenters. The zero-order valence-electron chi connectivity index (χ0n) is 10.0. The molecule has 3 rings (SSSR count). The van der Waals surface area contributed by atoms with Crippen LogP contribution >= 0.6 is 0 Å². The largest absolute Gasteiger partial charge is 0.411 e. The lowest BCUT2D eigenvalue weighted by atomic mass is 9.82. The predicted molar refractivity (Wildman–Crippen MR) is 68.8 cm³/mol. The molecule has 0 fully saturated rings. The second-order valence-electron chi connectivity index (χ2n) is 4.64. The molecule has 1 aliphatic rings. The first-order chi connectivity index (χ1) is 8.88. The summed E-state index contributed by atoms with van der Waals surface area (Å²) in [6.45, 7) is 0.813. The molecule has 92 valence electrons. The van der Waals surface area contributed by atoms with Gasteiger partial charge < -0.3 is 9.77 Å². The van der Waals surface area contributed by atoms with Crippen LogP contribution in [-0.4, -0.2) is 20.5 Å². The number of benzene rings is 1. The quantitative estimate of drug-likeness (QED) is 0.648. The van der Waals surface area contributed by atoms with Crippen LogP contribution < -0.4 is 0 Å². The van der Waals surface area contributed by atoms with E-state index in [0.29, 0.717) is 0 Å². The first-order valence-corrected chi connectivity index (χ1v) is 6.14. The molecule has 0 saturated carbocycles. The molecule has 4 heteroatoms. The Morgan fingerprint density at radius 1 is 1.39 bits per heavy atom. The molecular formula is C14H15N3O. The van der Waals surface area contributed by atoms with E-state index < -0.39 is 0 Å². The number of fused-ring (bicyclic) bond motifs is 1. The van der Waals surface area contributed by atoms with Gasteiger partial charge in [0.05, 0.1) is 12.0 Å². The zero-order chi connectivity index (χ0) is 12.4. The van der Waals surface area contributed by atoms with Crippen molar-refractivity contribution in [1.29, 1.82) is 0 Å². The highest BCUT2D eigenvalue weighted by Gasteiger charge is 2.25. The normalized spacial score (nSPS) is 20.9. The fraction of sp³-hybridized carbons (Fsp3) is 0.286. The minimum atomic E-state index is 0.249. The third-order valence-corrected chi connectivity index (χ3v) is 3.54. The van der Waals surface area contributed by atoms with Crippen LogP contribution in [0.25, 0.3) is 0 Å². The van der Waals surface area contributed by atoms with Gasteiger partial charge in [-0.05, 0) is 18.4 Å². The van der Waals surface area contributed by atoms with Gasteiger partial charge >= 0.3 is 0 Å². The van der Waals surface area contributed by atoms with Gasteiger partial charge in [0.2, 0.25) is 0 Å². The standard InChI is InChI=1S/C14H15N3O/c18-16-14-12(9-17-8-7-15-10-17)6-5-11-3-1-2-4-13(11)14/h1-4,7-8,10,12,18H,5-6,9H2. The van der Waals surface area contributed by atoms with E-state index in [4.69, 9.17) is 0 Å². The second-order valence-corrected chi connectivity index (χ2v) is 4.64. The van der Waals surface area contributed by atoms with Crippen LogP contribution in [-0.2, 0) is 13.0 Å². The van der Waals surface area contributed by atoms with Gasteiger partial charge in [-0.15, -0.1) is 0 Å². The summed E-state index contributed by atoms with van der Waals surface area (Å²) < 4.78 is 2.03. The summed E-state index contributed by atoms with van der Waals surface area (Å²) in [5.41, 5.74) is 3.15. The van der Waals surface area contributed by atoms with E-state index in [0.717, 1.165) is 30.7 Å². The van der Waals surface area contributed by atoms with Crippen LogP contribution in [0.2, 0.25) is 0 Å². The highest BCUT2D eigenvalue weighted by Crippen LogP contribution is 2.27. The highest BCUT2D eigenvalue weighted by molar-refractivity contribution is 6.03. The Labute approximate surface area is 106 Å². The van der Waals surface area contributed by atoms with Crippen molar-refractivity contribution in [3.05, 3.63) is 54.1 Å². The Kier molecular flexibility index (Phi) is 2.84. The maximum Gasteiger partial charge on any atom is 0.0946 e. The van der Waals surface area contributed by atoms with Gasteiger partial charge in [0.25, 0.3) is 0 Å². The van der Waals surface area contributed by atoms with Gasteiger partial charge in [-0.25, -0.2) is 4.98 Å². The maximum atomic E-state index is 9.30. The van der Waals surface area contributed by atoms with E-state index in [-0.39, 0.29) is 5.92 Å². The number of rotatable bonds is 2. The number of nitrogens with zero attached hydrogens (tertiary/aromatic N) is 3. The molecule has 1 aromatic carbocycles. The van der Waals surface area contributed by atoms with Crippen LogP contribution in [0.1, 0.15) is 17.5 Å². The smallest absolute Gasteiger partial charge is 0.0946 e. The Bertz CT molecular complexity index is 560. The second kappa shape index (κ2) is 4.64. The maximum absolute atomic E-state index is 9.30. The lowest BCUT2D eigenvalue weighted by molar-refractivity contribution is 0.312. The van der Waals surface area contributed by atoms with Crippen molar-refractivity contribution in [3.8, 4) is 0 Å².